The Morgan fingerprint density at radius 3 is 2.61 bits per heavy atom. The summed E-state index contributed by atoms with van der Waals surface area (Å²) in [7, 11) is -3.79. The van der Waals surface area contributed by atoms with Gasteiger partial charge in [-0.1, -0.05) is 15.9 Å². The number of hydrogen-bond acceptors (Lipinski definition) is 4. The fraction of sp³-hybridized carbons (Fsp3) is 0.455. The van der Waals surface area contributed by atoms with Crippen LogP contribution in [0.15, 0.2) is 27.6 Å². The van der Waals surface area contributed by atoms with Crippen LogP contribution in [0.2, 0.25) is 0 Å². The van der Waals surface area contributed by atoms with Crippen LogP contribution in [0.4, 0.5) is 0 Å². The summed E-state index contributed by atoms with van der Waals surface area (Å²) in [6.07, 6.45) is 1.47. The maximum Gasteiger partial charge on any atom is 0.241 e. The minimum atomic E-state index is -3.79. The molecule has 0 amide bonds. The van der Waals surface area contributed by atoms with Gasteiger partial charge in [-0.15, -0.1) is 0 Å². The van der Waals surface area contributed by atoms with E-state index in [-0.39, 0.29) is 11.0 Å². The summed E-state index contributed by atoms with van der Waals surface area (Å²) in [5, 5.41) is 5.18. The zero-order valence-electron chi connectivity index (χ0n) is 9.63. The highest BCUT2D eigenvalue weighted by Gasteiger charge is 2.21. The second-order valence-corrected chi connectivity index (χ2v) is 6.51. The SMILES string of the molecule is NS(=O)(=O)c1cc(Br)ccc1OC1CCOCC1. The van der Waals surface area contributed by atoms with Crippen LogP contribution in [0.25, 0.3) is 0 Å². The first kappa shape index (κ1) is 13.8. The summed E-state index contributed by atoms with van der Waals surface area (Å²) >= 11 is 3.22. The van der Waals surface area contributed by atoms with E-state index in [1.165, 1.54) is 6.07 Å². The van der Waals surface area contributed by atoms with Crippen LogP contribution in [0.1, 0.15) is 12.8 Å². The van der Waals surface area contributed by atoms with E-state index in [0.29, 0.717) is 23.4 Å². The number of hydrogen-bond donors (Lipinski definition) is 1. The van der Waals surface area contributed by atoms with E-state index in [0.717, 1.165) is 12.8 Å². The summed E-state index contributed by atoms with van der Waals surface area (Å²) < 4.78 is 34.6. The molecule has 7 heteroatoms. The van der Waals surface area contributed by atoms with Crippen molar-refractivity contribution in [1.82, 2.24) is 0 Å². The normalized spacial score (nSPS) is 17.7. The third-order valence-electron chi connectivity index (χ3n) is 2.67. The molecule has 1 aliphatic rings. The van der Waals surface area contributed by atoms with Crippen molar-refractivity contribution in [3.05, 3.63) is 22.7 Å². The van der Waals surface area contributed by atoms with Gasteiger partial charge in [-0.05, 0) is 18.2 Å². The van der Waals surface area contributed by atoms with Crippen molar-refractivity contribution in [2.24, 2.45) is 5.14 Å². The molecule has 0 saturated carbocycles. The van der Waals surface area contributed by atoms with E-state index in [2.05, 4.69) is 15.9 Å². The van der Waals surface area contributed by atoms with Crippen molar-refractivity contribution in [3.63, 3.8) is 0 Å². The van der Waals surface area contributed by atoms with E-state index in [4.69, 9.17) is 14.6 Å². The predicted octanol–water partition coefficient (Wildman–Crippen LogP) is 1.65. The number of benzene rings is 1. The van der Waals surface area contributed by atoms with E-state index < -0.39 is 10.0 Å². The van der Waals surface area contributed by atoms with Crippen molar-refractivity contribution in [2.45, 2.75) is 23.8 Å². The molecule has 0 bridgehead atoms. The largest absolute Gasteiger partial charge is 0.489 e. The zero-order chi connectivity index (χ0) is 13.2. The lowest BCUT2D eigenvalue weighted by molar-refractivity contribution is 0.0244. The van der Waals surface area contributed by atoms with Gasteiger partial charge in [0, 0.05) is 17.3 Å². The monoisotopic (exact) mass is 335 g/mol. The topological polar surface area (TPSA) is 78.6 Å². The summed E-state index contributed by atoms with van der Waals surface area (Å²) in [6.45, 7) is 1.26. The molecular formula is C11H14BrNO4S. The molecule has 0 aliphatic carbocycles. The van der Waals surface area contributed by atoms with Gasteiger partial charge < -0.3 is 9.47 Å². The molecule has 18 heavy (non-hydrogen) atoms. The van der Waals surface area contributed by atoms with E-state index >= 15 is 0 Å². The quantitative estimate of drug-likeness (QED) is 0.910. The fourth-order valence-corrected chi connectivity index (χ4v) is 2.98. The Kier molecular flexibility index (Phi) is 4.26. The molecule has 0 unspecified atom stereocenters. The highest BCUT2D eigenvalue weighted by molar-refractivity contribution is 9.10. The van der Waals surface area contributed by atoms with E-state index in [1.807, 2.05) is 0 Å². The average Bonchev–Trinajstić information content (AvgIpc) is 2.31. The van der Waals surface area contributed by atoms with E-state index in [9.17, 15) is 8.42 Å². The molecule has 5 nitrogen and oxygen atoms in total. The van der Waals surface area contributed by atoms with Crippen molar-refractivity contribution in [3.8, 4) is 5.75 Å². The Morgan fingerprint density at radius 2 is 2.00 bits per heavy atom. The maximum atomic E-state index is 11.5. The Balaban J connectivity index is 2.26. The van der Waals surface area contributed by atoms with Gasteiger partial charge in [0.05, 0.1) is 13.2 Å². The van der Waals surface area contributed by atoms with Gasteiger partial charge in [-0.3, -0.25) is 0 Å². The Hall–Kier alpha value is -0.630. The van der Waals surface area contributed by atoms with Crippen molar-refractivity contribution < 1.29 is 17.9 Å². The lowest BCUT2D eigenvalue weighted by Gasteiger charge is -2.24. The Bertz CT molecular complexity index is 526. The predicted molar refractivity (Wildman–Crippen MR) is 70.0 cm³/mol. The van der Waals surface area contributed by atoms with E-state index in [1.54, 1.807) is 12.1 Å². The zero-order valence-corrected chi connectivity index (χ0v) is 12.0. The summed E-state index contributed by atoms with van der Waals surface area (Å²) in [5.74, 6) is 0.299. The van der Waals surface area contributed by atoms with Gasteiger partial charge in [-0.25, -0.2) is 13.6 Å². The highest BCUT2D eigenvalue weighted by Crippen LogP contribution is 2.28. The minimum Gasteiger partial charge on any atom is -0.489 e. The number of halogens is 1. The van der Waals surface area contributed by atoms with Crippen LogP contribution in [-0.4, -0.2) is 27.7 Å². The first-order valence-corrected chi connectivity index (χ1v) is 7.87. The molecule has 0 aromatic heterocycles. The maximum absolute atomic E-state index is 11.5. The molecule has 0 atom stereocenters. The molecule has 100 valence electrons. The van der Waals surface area contributed by atoms with Crippen LogP contribution in [0, 0.1) is 0 Å². The lowest BCUT2D eigenvalue weighted by atomic mass is 10.1. The highest BCUT2D eigenvalue weighted by atomic mass is 79.9. The second kappa shape index (κ2) is 5.56. The molecule has 1 saturated heterocycles. The molecule has 0 spiro atoms. The van der Waals surface area contributed by atoms with Gasteiger partial charge in [-0.2, -0.15) is 0 Å². The standard InChI is InChI=1S/C11H14BrNO4S/c12-8-1-2-10(11(7-8)18(13,14)15)17-9-3-5-16-6-4-9/h1-2,7,9H,3-6H2,(H2,13,14,15). The molecule has 1 aliphatic heterocycles. The third-order valence-corrected chi connectivity index (χ3v) is 4.10. The molecule has 1 heterocycles. The number of rotatable bonds is 3. The first-order chi connectivity index (χ1) is 8.47. The Labute approximate surface area is 114 Å². The molecule has 1 aromatic rings. The molecule has 0 radical (unpaired) electrons. The molecule has 1 aromatic carbocycles. The van der Waals surface area contributed by atoms with Gasteiger partial charge in [0.15, 0.2) is 0 Å². The summed E-state index contributed by atoms with van der Waals surface area (Å²) in [4.78, 5) is 0.00312. The number of ether oxygens (including phenoxy) is 2. The van der Waals surface area contributed by atoms with Gasteiger partial charge in [0.25, 0.3) is 0 Å². The fourth-order valence-electron chi connectivity index (χ4n) is 1.77. The summed E-state index contributed by atoms with van der Waals surface area (Å²) in [6, 6.07) is 4.78. The molecule has 1 fully saturated rings. The third kappa shape index (κ3) is 3.44. The van der Waals surface area contributed by atoms with Crippen molar-refractivity contribution in [2.75, 3.05) is 13.2 Å². The summed E-state index contributed by atoms with van der Waals surface area (Å²) in [5.41, 5.74) is 0. The van der Waals surface area contributed by atoms with Crippen LogP contribution in [0.3, 0.4) is 0 Å². The minimum absolute atomic E-state index is 0.00312. The first-order valence-electron chi connectivity index (χ1n) is 5.53. The van der Waals surface area contributed by atoms with Crippen molar-refractivity contribution >= 4 is 26.0 Å². The van der Waals surface area contributed by atoms with Gasteiger partial charge >= 0.3 is 0 Å². The average molecular weight is 336 g/mol. The van der Waals surface area contributed by atoms with Gasteiger partial charge in [0.2, 0.25) is 10.0 Å². The molecule has 2 N–H and O–H groups in total. The molecule has 2 rings (SSSR count). The number of sulfonamides is 1. The smallest absolute Gasteiger partial charge is 0.241 e. The number of primary sulfonamides is 1. The molecular weight excluding hydrogens is 322 g/mol. The lowest BCUT2D eigenvalue weighted by Crippen LogP contribution is -2.27. The van der Waals surface area contributed by atoms with Crippen LogP contribution in [-0.2, 0) is 14.8 Å². The van der Waals surface area contributed by atoms with Crippen LogP contribution in [0.5, 0.6) is 5.75 Å². The van der Waals surface area contributed by atoms with Gasteiger partial charge in [0.1, 0.15) is 16.7 Å². The second-order valence-electron chi connectivity index (χ2n) is 4.07. The van der Waals surface area contributed by atoms with Crippen LogP contribution >= 0.6 is 15.9 Å². The Morgan fingerprint density at radius 1 is 1.33 bits per heavy atom. The number of nitrogens with two attached hydrogens (primary N) is 1. The van der Waals surface area contributed by atoms with Crippen LogP contribution < -0.4 is 9.88 Å². The van der Waals surface area contributed by atoms with Crippen molar-refractivity contribution in [1.29, 1.82) is 0 Å².